The molecule has 1 N–H and O–H groups in total. The highest BCUT2D eigenvalue weighted by molar-refractivity contribution is 7.71. The van der Waals surface area contributed by atoms with Crippen LogP contribution in [0, 0.1) is 11.7 Å². The standard InChI is InChI=1S/C21H18N4O2S/c1-15-8-10-16(11-9-15)14-27-18-6-3-2-5-17(18)13-22-25-20(23-24-21(25)28)19-7-4-12-26-19/h2-13H,14H2,1H3,(H,24,28)/b22-13-. The van der Waals surface area contributed by atoms with Crippen molar-refractivity contribution in [2.45, 2.75) is 13.5 Å². The Hall–Kier alpha value is -3.45. The van der Waals surface area contributed by atoms with Crippen LogP contribution in [0.3, 0.4) is 0 Å². The third kappa shape index (κ3) is 3.94. The second kappa shape index (κ2) is 8.06. The van der Waals surface area contributed by atoms with Gasteiger partial charge >= 0.3 is 0 Å². The van der Waals surface area contributed by atoms with Crippen molar-refractivity contribution in [2.75, 3.05) is 0 Å². The molecule has 0 unspecified atom stereocenters. The maximum atomic E-state index is 6.00. The Bertz CT molecular complexity index is 1140. The monoisotopic (exact) mass is 390 g/mol. The average Bonchev–Trinajstić information content (AvgIpc) is 3.36. The maximum Gasteiger partial charge on any atom is 0.219 e. The number of nitrogens with one attached hydrogen (secondary N) is 1. The topological polar surface area (TPSA) is 68.3 Å². The molecule has 2 heterocycles. The third-order valence-electron chi connectivity index (χ3n) is 4.14. The lowest BCUT2D eigenvalue weighted by atomic mass is 10.1. The van der Waals surface area contributed by atoms with Gasteiger partial charge in [0.15, 0.2) is 5.76 Å². The fourth-order valence-electron chi connectivity index (χ4n) is 2.65. The molecule has 140 valence electrons. The SMILES string of the molecule is Cc1ccc(COc2ccccc2/C=N\n2c(-c3ccco3)n[nH]c2=S)cc1. The van der Waals surface area contributed by atoms with Crippen LogP contribution >= 0.6 is 12.2 Å². The van der Waals surface area contributed by atoms with Crippen molar-refractivity contribution in [3.63, 3.8) is 0 Å². The van der Waals surface area contributed by atoms with Gasteiger partial charge in [-0.2, -0.15) is 9.78 Å². The number of benzene rings is 2. The molecular weight excluding hydrogens is 372 g/mol. The highest BCUT2D eigenvalue weighted by Crippen LogP contribution is 2.20. The van der Waals surface area contributed by atoms with Gasteiger partial charge in [0.05, 0.1) is 12.5 Å². The Morgan fingerprint density at radius 2 is 1.96 bits per heavy atom. The number of aromatic nitrogens is 3. The molecule has 28 heavy (non-hydrogen) atoms. The predicted molar refractivity (Wildman–Crippen MR) is 110 cm³/mol. The number of aryl methyl sites for hydroxylation is 1. The smallest absolute Gasteiger partial charge is 0.219 e. The summed E-state index contributed by atoms with van der Waals surface area (Å²) in [5.74, 6) is 1.82. The summed E-state index contributed by atoms with van der Waals surface area (Å²) in [6.07, 6.45) is 3.28. The number of hydrogen-bond donors (Lipinski definition) is 1. The van der Waals surface area contributed by atoms with Crippen LogP contribution in [0.1, 0.15) is 16.7 Å². The van der Waals surface area contributed by atoms with E-state index in [9.17, 15) is 0 Å². The Balaban J connectivity index is 1.57. The minimum Gasteiger partial charge on any atom is -0.488 e. The van der Waals surface area contributed by atoms with Crippen molar-refractivity contribution < 1.29 is 9.15 Å². The van der Waals surface area contributed by atoms with Gasteiger partial charge in [0, 0.05) is 5.56 Å². The number of furan rings is 1. The molecule has 0 atom stereocenters. The summed E-state index contributed by atoms with van der Waals surface area (Å²) in [6.45, 7) is 2.54. The van der Waals surface area contributed by atoms with Crippen LogP contribution in [0.25, 0.3) is 11.6 Å². The van der Waals surface area contributed by atoms with Crippen LogP contribution in [0.2, 0.25) is 0 Å². The lowest BCUT2D eigenvalue weighted by Crippen LogP contribution is -1.99. The minimum absolute atomic E-state index is 0.376. The molecule has 0 bridgehead atoms. The molecule has 7 heteroatoms. The normalized spacial score (nSPS) is 11.2. The van der Waals surface area contributed by atoms with E-state index in [0.29, 0.717) is 23.0 Å². The van der Waals surface area contributed by atoms with E-state index in [2.05, 4.69) is 46.5 Å². The van der Waals surface area contributed by atoms with Gasteiger partial charge in [-0.15, -0.1) is 5.10 Å². The largest absolute Gasteiger partial charge is 0.488 e. The highest BCUT2D eigenvalue weighted by Gasteiger charge is 2.10. The van der Waals surface area contributed by atoms with Crippen molar-refractivity contribution >= 4 is 18.4 Å². The summed E-state index contributed by atoms with van der Waals surface area (Å²) < 4.78 is 13.3. The van der Waals surface area contributed by atoms with E-state index >= 15 is 0 Å². The Morgan fingerprint density at radius 1 is 1.14 bits per heavy atom. The quantitative estimate of drug-likeness (QED) is 0.373. The second-order valence-electron chi connectivity index (χ2n) is 6.20. The summed E-state index contributed by atoms with van der Waals surface area (Å²) in [7, 11) is 0. The lowest BCUT2D eigenvalue weighted by Gasteiger charge is -2.09. The van der Waals surface area contributed by atoms with Gasteiger partial charge < -0.3 is 9.15 Å². The summed E-state index contributed by atoms with van der Waals surface area (Å²) in [6, 6.07) is 19.6. The Kier molecular flexibility index (Phi) is 5.16. The number of H-pyrrole nitrogens is 1. The van der Waals surface area contributed by atoms with Gasteiger partial charge in [-0.1, -0.05) is 42.0 Å². The van der Waals surface area contributed by atoms with Crippen LogP contribution in [0.15, 0.2) is 76.4 Å². The number of aromatic amines is 1. The molecule has 0 aliphatic heterocycles. The first-order valence-electron chi connectivity index (χ1n) is 8.74. The van der Waals surface area contributed by atoms with Crippen LogP contribution in [-0.2, 0) is 6.61 Å². The van der Waals surface area contributed by atoms with Gasteiger partial charge in [0.1, 0.15) is 12.4 Å². The number of rotatable bonds is 6. The van der Waals surface area contributed by atoms with Crippen LogP contribution in [-0.4, -0.2) is 21.1 Å². The van der Waals surface area contributed by atoms with Gasteiger partial charge in [0.25, 0.3) is 0 Å². The Labute approximate surface area is 167 Å². The number of hydrogen-bond acceptors (Lipinski definition) is 5. The van der Waals surface area contributed by atoms with Crippen LogP contribution in [0.4, 0.5) is 0 Å². The van der Waals surface area contributed by atoms with Crippen molar-refractivity contribution in [1.82, 2.24) is 14.9 Å². The third-order valence-corrected chi connectivity index (χ3v) is 4.40. The summed E-state index contributed by atoms with van der Waals surface area (Å²) in [4.78, 5) is 0. The highest BCUT2D eigenvalue weighted by atomic mass is 32.1. The van der Waals surface area contributed by atoms with E-state index in [1.165, 1.54) is 10.2 Å². The molecule has 0 aliphatic carbocycles. The molecule has 4 aromatic rings. The molecular formula is C21H18N4O2S. The maximum absolute atomic E-state index is 6.00. The van der Waals surface area contributed by atoms with Crippen molar-refractivity contribution in [3.05, 3.63) is 88.4 Å². The molecule has 0 fully saturated rings. The van der Waals surface area contributed by atoms with Gasteiger partial charge in [0.2, 0.25) is 10.6 Å². The fraction of sp³-hybridized carbons (Fsp3) is 0.0952. The lowest BCUT2D eigenvalue weighted by molar-refractivity contribution is 0.306. The van der Waals surface area contributed by atoms with Crippen molar-refractivity contribution in [2.24, 2.45) is 5.10 Å². The van der Waals surface area contributed by atoms with E-state index in [4.69, 9.17) is 21.4 Å². The summed E-state index contributed by atoms with van der Waals surface area (Å²) in [5.41, 5.74) is 3.16. The summed E-state index contributed by atoms with van der Waals surface area (Å²) in [5, 5.41) is 11.4. The van der Waals surface area contributed by atoms with Gasteiger partial charge in [-0.25, -0.2) is 5.10 Å². The first-order chi connectivity index (χ1) is 13.7. The zero-order chi connectivity index (χ0) is 19.3. The molecule has 0 saturated heterocycles. The van der Waals surface area contributed by atoms with Crippen molar-refractivity contribution in [1.29, 1.82) is 0 Å². The van der Waals surface area contributed by atoms with E-state index in [-0.39, 0.29) is 0 Å². The molecule has 0 aliphatic rings. The molecule has 4 rings (SSSR count). The Morgan fingerprint density at radius 3 is 2.75 bits per heavy atom. The van der Waals surface area contributed by atoms with Gasteiger partial charge in [-0.3, -0.25) is 0 Å². The van der Waals surface area contributed by atoms with E-state index in [1.807, 2.05) is 24.3 Å². The average molecular weight is 390 g/mol. The molecule has 6 nitrogen and oxygen atoms in total. The fourth-order valence-corrected chi connectivity index (χ4v) is 2.83. The minimum atomic E-state index is 0.376. The predicted octanol–water partition coefficient (Wildman–Crippen LogP) is 4.97. The number of ether oxygens (including phenoxy) is 1. The summed E-state index contributed by atoms with van der Waals surface area (Å²) >= 11 is 5.28. The zero-order valence-electron chi connectivity index (χ0n) is 15.2. The van der Waals surface area contributed by atoms with Crippen LogP contribution in [0.5, 0.6) is 5.75 Å². The van der Waals surface area contributed by atoms with Gasteiger partial charge in [-0.05, 0) is 49.0 Å². The molecule has 0 radical (unpaired) electrons. The number of nitrogens with zero attached hydrogens (tertiary/aromatic N) is 3. The van der Waals surface area contributed by atoms with Crippen LogP contribution < -0.4 is 4.74 Å². The van der Waals surface area contributed by atoms with E-state index < -0.39 is 0 Å². The second-order valence-corrected chi connectivity index (χ2v) is 6.58. The molecule has 0 saturated carbocycles. The van der Waals surface area contributed by atoms with E-state index in [0.717, 1.165) is 16.9 Å². The molecule has 0 spiro atoms. The molecule has 2 aromatic carbocycles. The van der Waals surface area contributed by atoms with Crippen molar-refractivity contribution in [3.8, 4) is 17.3 Å². The number of para-hydroxylation sites is 1. The molecule has 0 amide bonds. The van der Waals surface area contributed by atoms with E-state index in [1.54, 1.807) is 24.6 Å². The zero-order valence-corrected chi connectivity index (χ0v) is 16.0. The molecule has 2 aromatic heterocycles. The first kappa shape index (κ1) is 17.9. The first-order valence-corrected chi connectivity index (χ1v) is 9.14.